The van der Waals surface area contributed by atoms with E-state index >= 15 is 0 Å². The maximum Gasteiger partial charge on any atom is 0.141 e. The van der Waals surface area contributed by atoms with Crippen molar-refractivity contribution in [3.8, 4) is 5.75 Å². The van der Waals surface area contributed by atoms with E-state index in [1.165, 1.54) is 0 Å². The largest absolute Gasteiger partial charge is 0.506 e. The average Bonchev–Trinajstić information content (AvgIpc) is 2.78. The van der Waals surface area contributed by atoms with Crippen LogP contribution in [0.15, 0.2) is 60.8 Å². The smallest absolute Gasteiger partial charge is 0.141 e. The second kappa shape index (κ2) is 5.02. The van der Waals surface area contributed by atoms with Gasteiger partial charge in [0.15, 0.2) is 0 Å². The summed E-state index contributed by atoms with van der Waals surface area (Å²) in [7, 11) is 0. The lowest BCUT2D eigenvalue weighted by atomic mass is 10.0. The normalized spacial score (nSPS) is 14.3. The minimum atomic E-state index is -0.812. The zero-order valence-corrected chi connectivity index (χ0v) is 11.0. The zero-order chi connectivity index (χ0) is 14.1. The zero-order valence-electron chi connectivity index (χ0n) is 11.0. The second-order valence-corrected chi connectivity index (χ2v) is 4.86. The predicted molar refractivity (Wildman–Crippen MR) is 79.5 cm³/mol. The Hall–Kier alpha value is -2.26. The van der Waals surface area contributed by atoms with Gasteiger partial charge in [0, 0.05) is 11.6 Å². The van der Waals surface area contributed by atoms with E-state index in [4.69, 9.17) is 0 Å². The minimum absolute atomic E-state index is 0.210. The lowest BCUT2D eigenvalue weighted by Crippen LogP contribution is -2.22. The van der Waals surface area contributed by atoms with Crippen LogP contribution in [0.1, 0.15) is 11.6 Å². The van der Waals surface area contributed by atoms with Crippen molar-refractivity contribution in [3.63, 3.8) is 0 Å². The molecule has 3 rings (SSSR count). The van der Waals surface area contributed by atoms with Crippen LogP contribution in [0.2, 0.25) is 0 Å². The number of fused-ring (bicyclic) bond motifs is 1. The number of nitrogens with zero attached hydrogens (tertiary/aromatic N) is 1. The van der Waals surface area contributed by atoms with Gasteiger partial charge >= 0.3 is 0 Å². The Morgan fingerprint density at radius 3 is 2.30 bits per heavy atom. The van der Waals surface area contributed by atoms with Gasteiger partial charge < -0.3 is 14.8 Å². The summed E-state index contributed by atoms with van der Waals surface area (Å²) >= 11 is 0. The molecule has 0 aliphatic rings. The highest BCUT2D eigenvalue weighted by Gasteiger charge is 2.22. The number of aromatic hydroxyl groups is 1. The molecule has 0 saturated heterocycles. The first-order valence-electron chi connectivity index (χ1n) is 6.53. The quantitative estimate of drug-likeness (QED) is 0.765. The monoisotopic (exact) mass is 266 g/mol. The van der Waals surface area contributed by atoms with Crippen LogP contribution in [0.3, 0.4) is 0 Å². The van der Waals surface area contributed by atoms with Gasteiger partial charge in [0.2, 0.25) is 0 Å². The number of hydrogen-bond donors (Lipinski definition) is 2. The summed E-state index contributed by atoms with van der Waals surface area (Å²) in [6.45, 7) is 3.76. The highest BCUT2D eigenvalue weighted by Crippen LogP contribution is 2.33. The first kappa shape index (κ1) is 12.8. The topological polar surface area (TPSA) is 45.4 Å². The molecule has 3 aromatic rings. The Balaban J connectivity index is 2.21. The maximum atomic E-state index is 10.1. The molecule has 0 bridgehead atoms. The highest BCUT2D eigenvalue weighted by atomic mass is 16.3. The van der Waals surface area contributed by atoms with Crippen molar-refractivity contribution >= 4 is 10.9 Å². The van der Waals surface area contributed by atoms with Gasteiger partial charge in [0.1, 0.15) is 5.75 Å². The number of hydrogen-bond acceptors (Lipinski definition) is 2. The van der Waals surface area contributed by atoms with Gasteiger partial charge in [-0.15, -0.1) is 0 Å². The summed E-state index contributed by atoms with van der Waals surface area (Å²) in [5.41, 5.74) is 1.83. The fourth-order valence-corrected chi connectivity index (χ4v) is 2.63. The van der Waals surface area contributed by atoms with E-state index in [1.54, 1.807) is 6.20 Å². The van der Waals surface area contributed by atoms with Crippen molar-refractivity contribution in [3.05, 3.63) is 73.3 Å². The average molecular weight is 266 g/mol. The van der Waals surface area contributed by atoms with Gasteiger partial charge in [-0.2, -0.15) is 0 Å². The molecule has 0 amide bonds. The molecule has 1 heterocycles. The van der Waals surface area contributed by atoms with E-state index in [0.717, 1.165) is 16.5 Å². The Morgan fingerprint density at radius 1 is 0.950 bits per heavy atom. The van der Waals surface area contributed by atoms with E-state index in [9.17, 15) is 10.2 Å². The van der Waals surface area contributed by atoms with E-state index < -0.39 is 6.10 Å². The molecule has 2 N–H and O–H groups in total. The molecule has 0 aliphatic heterocycles. The summed E-state index contributed by atoms with van der Waals surface area (Å²) < 4.78 is 1.87. The molecule has 0 fully saturated rings. The third-order valence-corrected chi connectivity index (χ3v) is 3.52. The Bertz CT molecular complexity index is 716. The first-order valence-corrected chi connectivity index (χ1v) is 6.53. The fraction of sp³-hybridized carbons (Fsp3) is 0.118. The van der Waals surface area contributed by atoms with Crippen molar-refractivity contribution in [2.45, 2.75) is 12.1 Å². The van der Waals surface area contributed by atoms with Gasteiger partial charge in [-0.05, 0) is 24.6 Å². The number of aliphatic hydroxyl groups is 1. The Kier molecular flexibility index (Phi) is 3.20. The van der Waals surface area contributed by atoms with Gasteiger partial charge in [-0.3, -0.25) is 0 Å². The number of aromatic nitrogens is 1. The standard InChI is InChI=1S/C17H16NO2/c1-12(19)17(13-7-3-2-4-8-13)18-11-16(20)14-9-5-6-10-15(14)18/h2-12,17,19-20H,1H2. The summed E-state index contributed by atoms with van der Waals surface area (Å²) in [4.78, 5) is 0. The number of para-hydroxylation sites is 1. The van der Waals surface area contributed by atoms with Gasteiger partial charge in [0.25, 0.3) is 0 Å². The van der Waals surface area contributed by atoms with Crippen molar-refractivity contribution in [2.24, 2.45) is 0 Å². The van der Waals surface area contributed by atoms with Gasteiger partial charge in [0.05, 0.1) is 17.7 Å². The molecular weight excluding hydrogens is 250 g/mol. The summed E-state index contributed by atoms with van der Waals surface area (Å²) in [6.07, 6.45) is 0.837. The van der Waals surface area contributed by atoms with Crippen LogP contribution in [0, 0.1) is 6.92 Å². The number of aliphatic hydroxyl groups excluding tert-OH is 1. The Labute approximate surface area is 117 Å². The molecule has 0 aliphatic carbocycles. The third kappa shape index (κ3) is 2.06. The van der Waals surface area contributed by atoms with Crippen LogP contribution in [-0.2, 0) is 0 Å². The molecular formula is C17H16NO2. The molecule has 2 atom stereocenters. The molecule has 2 unspecified atom stereocenters. The fourth-order valence-electron chi connectivity index (χ4n) is 2.63. The summed E-state index contributed by atoms with van der Waals surface area (Å²) in [5, 5.41) is 20.9. The third-order valence-electron chi connectivity index (χ3n) is 3.52. The first-order chi connectivity index (χ1) is 9.68. The lowest BCUT2D eigenvalue weighted by molar-refractivity contribution is 0.175. The number of rotatable bonds is 3. The van der Waals surface area contributed by atoms with E-state index in [0.29, 0.717) is 0 Å². The summed E-state index contributed by atoms with van der Waals surface area (Å²) in [5.74, 6) is 0.210. The van der Waals surface area contributed by atoms with Crippen LogP contribution >= 0.6 is 0 Å². The molecule has 1 radical (unpaired) electrons. The van der Waals surface area contributed by atoms with E-state index in [2.05, 4.69) is 6.92 Å². The van der Waals surface area contributed by atoms with Gasteiger partial charge in [-0.1, -0.05) is 42.5 Å². The van der Waals surface area contributed by atoms with Crippen molar-refractivity contribution in [1.82, 2.24) is 4.57 Å². The Morgan fingerprint density at radius 2 is 1.60 bits per heavy atom. The SMILES string of the molecule is [CH2]C(O)C(c1ccccc1)n1cc(O)c2ccccc21. The number of benzene rings is 2. The predicted octanol–water partition coefficient (Wildman–Crippen LogP) is 3.13. The molecule has 0 saturated carbocycles. The molecule has 20 heavy (non-hydrogen) atoms. The van der Waals surface area contributed by atoms with Crippen molar-refractivity contribution < 1.29 is 10.2 Å². The van der Waals surface area contributed by atoms with Crippen molar-refractivity contribution in [1.29, 1.82) is 0 Å². The second-order valence-electron chi connectivity index (χ2n) is 4.86. The van der Waals surface area contributed by atoms with Crippen LogP contribution < -0.4 is 0 Å². The van der Waals surface area contributed by atoms with E-state index in [-0.39, 0.29) is 11.8 Å². The van der Waals surface area contributed by atoms with E-state index in [1.807, 2.05) is 59.2 Å². The molecule has 0 spiro atoms. The lowest BCUT2D eigenvalue weighted by Gasteiger charge is -2.23. The minimum Gasteiger partial charge on any atom is -0.506 e. The molecule has 3 heteroatoms. The van der Waals surface area contributed by atoms with Gasteiger partial charge in [-0.25, -0.2) is 0 Å². The highest BCUT2D eigenvalue weighted by molar-refractivity contribution is 5.86. The molecule has 3 nitrogen and oxygen atoms in total. The van der Waals surface area contributed by atoms with Crippen molar-refractivity contribution in [2.75, 3.05) is 0 Å². The van der Waals surface area contributed by atoms with Crippen LogP contribution in [0.5, 0.6) is 5.75 Å². The van der Waals surface area contributed by atoms with Crippen LogP contribution in [-0.4, -0.2) is 20.9 Å². The summed E-state index contributed by atoms with van der Waals surface area (Å²) in [6, 6.07) is 16.9. The molecule has 1 aromatic heterocycles. The maximum absolute atomic E-state index is 10.1. The van der Waals surface area contributed by atoms with Crippen LogP contribution in [0.25, 0.3) is 10.9 Å². The molecule has 2 aromatic carbocycles. The molecule has 101 valence electrons. The van der Waals surface area contributed by atoms with Crippen LogP contribution in [0.4, 0.5) is 0 Å².